The number of nitrogens with zero attached hydrogens (tertiary/aromatic N) is 2. The zero-order chi connectivity index (χ0) is 22.9. The molecule has 4 rings (SSSR count). The molecule has 0 radical (unpaired) electrons. The Balaban J connectivity index is 1.57. The van der Waals surface area contributed by atoms with Crippen molar-refractivity contribution in [2.75, 3.05) is 4.72 Å². The van der Waals surface area contributed by atoms with Crippen molar-refractivity contribution in [1.82, 2.24) is 14.9 Å². The number of aryl methyl sites for hydroxylation is 1. The van der Waals surface area contributed by atoms with Crippen LogP contribution < -0.4 is 10.0 Å². The molecular formula is C22H18F2N4O3S. The number of sulfonamides is 1. The Labute approximate surface area is 182 Å². The molecule has 0 saturated carbocycles. The van der Waals surface area contributed by atoms with Gasteiger partial charge in [-0.05, 0) is 42.5 Å². The van der Waals surface area contributed by atoms with Crippen LogP contribution in [-0.4, -0.2) is 23.9 Å². The van der Waals surface area contributed by atoms with E-state index in [0.29, 0.717) is 11.9 Å². The number of halogens is 2. The molecule has 0 saturated heterocycles. The van der Waals surface area contributed by atoms with Gasteiger partial charge in [0.1, 0.15) is 22.4 Å². The van der Waals surface area contributed by atoms with Gasteiger partial charge >= 0.3 is 0 Å². The number of rotatable bonds is 6. The molecule has 2 N–H and O–H groups in total. The molecule has 1 heterocycles. The van der Waals surface area contributed by atoms with Crippen molar-refractivity contribution in [3.8, 4) is 0 Å². The van der Waals surface area contributed by atoms with Gasteiger partial charge in [-0.3, -0.25) is 9.52 Å². The summed E-state index contributed by atoms with van der Waals surface area (Å²) in [4.78, 5) is 16.4. The molecule has 0 aliphatic rings. The number of para-hydroxylation sites is 3. The van der Waals surface area contributed by atoms with Gasteiger partial charge in [-0.15, -0.1) is 0 Å². The van der Waals surface area contributed by atoms with E-state index in [1.54, 1.807) is 6.07 Å². The van der Waals surface area contributed by atoms with E-state index in [0.717, 1.165) is 23.2 Å². The normalized spacial score (nSPS) is 11.5. The summed E-state index contributed by atoms with van der Waals surface area (Å²) in [5.74, 6) is -1.96. The quantitative estimate of drug-likeness (QED) is 0.464. The minimum atomic E-state index is -4.48. The molecule has 4 aromatic rings. The molecule has 0 bridgehead atoms. The zero-order valence-corrected chi connectivity index (χ0v) is 17.7. The number of aromatic nitrogens is 2. The fourth-order valence-electron chi connectivity index (χ4n) is 3.26. The number of anilines is 1. The van der Waals surface area contributed by atoms with Gasteiger partial charge in [0.15, 0.2) is 0 Å². The summed E-state index contributed by atoms with van der Waals surface area (Å²) >= 11 is 0. The fraction of sp³-hybridized carbons (Fsp3) is 0.0909. The first-order valence-corrected chi connectivity index (χ1v) is 11.0. The smallest absolute Gasteiger partial charge is 0.264 e. The molecule has 0 fully saturated rings. The first-order chi connectivity index (χ1) is 15.3. The highest BCUT2D eigenvalue weighted by atomic mass is 32.2. The Kier molecular flexibility index (Phi) is 5.62. The Bertz CT molecular complexity index is 1430. The molecule has 10 heteroatoms. The molecule has 0 atom stereocenters. The van der Waals surface area contributed by atoms with E-state index in [9.17, 15) is 22.0 Å². The van der Waals surface area contributed by atoms with Gasteiger partial charge in [0, 0.05) is 7.05 Å². The Morgan fingerprint density at radius 2 is 1.75 bits per heavy atom. The van der Waals surface area contributed by atoms with Crippen LogP contribution in [0.3, 0.4) is 0 Å². The predicted octanol–water partition coefficient (Wildman–Crippen LogP) is 3.58. The van der Waals surface area contributed by atoms with Crippen LogP contribution >= 0.6 is 0 Å². The van der Waals surface area contributed by atoms with Crippen molar-refractivity contribution in [1.29, 1.82) is 0 Å². The Morgan fingerprint density at radius 1 is 1.03 bits per heavy atom. The first kappa shape index (κ1) is 21.4. The molecule has 1 amide bonds. The van der Waals surface area contributed by atoms with E-state index >= 15 is 0 Å². The minimum Gasteiger partial charge on any atom is -0.345 e. The van der Waals surface area contributed by atoms with Crippen molar-refractivity contribution in [3.05, 3.63) is 89.8 Å². The van der Waals surface area contributed by atoms with Crippen molar-refractivity contribution < 1.29 is 22.0 Å². The third-order valence-electron chi connectivity index (χ3n) is 4.89. The van der Waals surface area contributed by atoms with E-state index in [1.165, 1.54) is 18.2 Å². The van der Waals surface area contributed by atoms with Crippen LogP contribution in [0.2, 0.25) is 0 Å². The highest BCUT2D eigenvalue weighted by molar-refractivity contribution is 7.92. The molecule has 164 valence electrons. The molecule has 0 aliphatic heterocycles. The summed E-state index contributed by atoms with van der Waals surface area (Å²) in [5.41, 5.74) is 1.64. The van der Waals surface area contributed by atoms with Gasteiger partial charge in [-0.2, -0.15) is 0 Å². The van der Waals surface area contributed by atoms with Crippen LogP contribution in [0.5, 0.6) is 0 Å². The Hall–Kier alpha value is -3.79. The number of hydrogen-bond donors (Lipinski definition) is 2. The molecule has 0 spiro atoms. The maximum Gasteiger partial charge on any atom is 0.264 e. The molecule has 1 aromatic heterocycles. The van der Waals surface area contributed by atoms with Gasteiger partial charge in [-0.1, -0.05) is 24.3 Å². The lowest BCUT2D eigenvalue weighted by Gasteiger charge is -2.13. The SMILES string of the molecule is Cn1c(CNC(=O)c2ccccc2NS(=O)(=O)c2cc(F)ccc2F)nc2ccccc21. The number of hydrogen-bond acceptors (Lipinski definition) is 4. The molecule has 0 aliphatic carbocycles. The summed E-state index contributed by atoms with van der Waals surface area (Å²) in [6, 6.07) is 15.5. The monoisotopic (exact) mass is 456 g/mol. The number of benzene rings is 3. The molecule has 7 nitrogen and oxygen atoms in total. The standard InChI is InChI=1S/C22H18F2N4O3S/c1-28-19-9-5-4-8-18(19)26-21(28)13-25-22(29)15-6-2-3-7-17(15)27-32(30,31)20-12-14(23)10-11-16(20)24/h2-12,27H,13H2,1H3,(H,25,29). The lowest BCUT2D eigenvalue weighted by molar-refractivity contribution is 0.0950. The largest absolute Gasteiger partial charge is 0.345 e. The van der Waals surface area contributed by atoms with Crippen LogP contribution in [-0.2, 0) is 23.6 Å². The third kappa shape index (κ3) is 4.17. The van der Waals surface area contributed by atoms with Crippen LogP contribution in [0.15, 0.2) is 71.6 Å². The predicted molar refractivity (Wildman–Crippen MR) is 115 cm³/mol. The van der Waals surface area contributed by atoms with Gasteiger partial charge in [0.25, 0.3) is 15.9 Å². The van der Waals surface area contributed by atoms with Gasteiger partial charge in [-0.25, -0.2) is 22.2 Å². The number of amides is 1. The highest BCUT2D eigenvalue weighted by Crippen LogP contribution is 2.23. The van der Waals surface area contributed by atoms with Crippen LogP contribution in [0.1, 0.15) is 16.2 Å². The number of imidazole rings is 1. The van der Waals surface area contributed by atoms with Gasteiger partial charge in [0.2, 0.25) is 0 Å². The summed E-state index contributed by atoms with van der Waals surface area (Å²) in [6.45, 7) is 0.101. The van der Waals surface area contributed by atoms with E-state index in [-0.39, 0.29) is 17.8 Å². The van der Waals surface area contributed by atoms with Crippen LogP contribution in [0, 0.1) is 11.6 Å². The van der Waals surface area contributed by atoms with Crippen molar-refractivity contribution >= 4 is 32.7 Å². The maximum atomic E-state index is 14.0. The van der Waals surface area contributed by atoms with Crippen LogP contribution in [0.25, 0.3) is 11.0 Å². The second-order valence-electron chi connectivity index (χ2n) is 6.98. The summed E-state index contributed by atoms with van der Waals surface area (Å²) in [5, 5.41) is 2.71. The maximum absolute atomic E-state index is 14.0. The van der Waals surface area contributed by atoms with Crippen molar-refractivity contribution in [3.63, 3.8) is 0 Å². The second kappa shape index (κ2) is 8.39. The third-order valence-corrected chi connectivity index (χ3v) is 6.27. The average Bonchev–Trinajstić information content (AvgIpc) is 3.09. The lowest BCUT2D eigenvalue weighted by Crippen LogP contribution is -2.26. The van der Waals surface area contributed by atoms with E-state index < -0.39 is 32.5 Å². The molecule has 0 unspecified atom stereocenters. The van der Waals surface area contributed by atoms with E-state index in [1.807, 2.05) is 35.9 Å². The number of fused-ring (bicyclic) bond motifs is 1. The topological polar surface area (TPSA) is 93.1 Å². The van der Waals surface area contributed by atoms with E-state index in [4.69, 9.17) is 0 Å². The first-order valence-electron chi connectivity index (χ1n) is 9.52. The van der Waals surface area contributed by atoms with Gasteiger partial charge in [0.05, 0.1) is 28.8 Å². The second-order valence-corrected chi connectivity index (χ2v) is 8.64. The zero-order valence-electron chi connectivity index (χ0n) is 16.8. The average molecular weight is 456 g/mol. The van der Waals surface area contributed by atoms with Crippen molar-refractivity contribution in [2.24, 2.45) is 7.05 Å². The summed E-state index contributed by atoms with van der Waals surface area (Å²) in [6.07, 6.45) is 0. The van der Waals surface area contributed by atoms with E-state index in [2.05, 4.69) is 15.0 Å². The van der Waals surface area contributed by atoms with Crippen molar-refractivity contribution in [2.45, 2.75) is 11.4 Å². The summed E-state index contributed by atoms with van der Waals surface area (Å²) < 4.78 is 56.7. The highest BCUT2D eigenvalue weighted by Gasteiger charge is 2.23. The summed E-state index contributed by atoms with van der Waals surface area (Å²) in [7, 11) is -2.65. The number of nitrogens with one attached hydrogen (secondary N) is 2. The lowest BCUT2D eigenvalue weighted by atomic mass is 10.1. The van der Waals surface area contributed by atoms with Crippen LogP contribution in [0.4, 0.5) is 14.5 Å². The Morgan fingerprint density at radius 3 is 2.53 bits per heavy atom. The molecular weight excluding hydrogens is 438 g/mol. The molecule has 32 heavy (non-hydrogen) atoms. The fourth-order valence-corrected chi connectivity index (χ4v) is 4.43. The number of carbonyl (C=O) groups excluding carboxylic acids is 1. The number of carbonyl (C=O) groups is 1. The van der Waals surface area contributed by atoms with Gasteiger partial charge < -0.3 is 9.88 Å². The molecule has 3 aromatic carbocycles. The minimum absolute atomic E-state index is 0.0200.